The van der Waals surface area contributed by atoms with Crippen molar-refractivity contribution in [2.75, 3.05) is 6.61 Å². The molecule has 1 N–H and O–H groups in total. The number of rotatable bonds is 3. The van der Waals surface area contributed by atoms with Crippen LogP contribution in [0.5, 0.6) is 5.75 Å². The maximum atomic E-state index is 13.0. The Hall–Kier alpha value is -2.90. The van der Waals surface area contributed by atoms with E-state index in [-0.39, 0.29) is 22.0 Å². The Labute approximate surface area is 162 Å². The summed E-state index contributed by atoms with van der Waals surface area (Å²) < 4.78 is 33.2. The van der Waals surface area contributed by atoms with Crippen LogP contribution < -0.4 is 10.3 Å². The van der Waals surface area contributed by atoms with Crippen molar-refractivity contribution in [1.82, 2.24) is 4.57 Å². The summed E-state index contributed by atoms with van der Waals surface area (Å²) in [7, 11) is -3.74. The van der Waals surface area contributed by atoms with Crippen LogP contribution >= 0.6 is 0 Å². The van der Waals surface area contributed by atoms with E-state index < -0.39 is 22.0 Å². The largest absolute Gasteiger partial charge is 0.493 e. The van der Waals surface area contributed by atoms with Crippen LogP contribution in [0.25, 0.3) is 0 Å². The zero-order valence-electron chi connectivity index (χ0n) is 14.9. The van der Waals surface area contributed by atoms with Gasteiger partial charge in [0.05, 0.1) is 28.5 Å². The van der Waals surface area contributed by atoms with E-state index in [9.17, 15) is 18.3 Å². The van der Waals surface area contributed by atoms with Gasteiger partial charge >= 0.3 is 0 Å². The maximum absolute atomic E-state index is 13.0. The fraction of sp³-hybridized carbons (Fsp3) is 0.190. The van der Waals surface area contributed by atoms with Gasteiger partial charge in [-0.3, -0.25) is 4.79 Å². The van der Waals surface area contributed by atoms with Crippen molar-refractivity contribution in [3.63, 3.8) is 0 Å². The number of hydrogen-bond donors (Lipinski definition) is 1. The summed E-state index contributed by atoms with van der Waals surface area (Å²) in [4.78, 5) is 12.6. The van der Waals surface area contributed by atoms with Crippen LogP contribution in [0.1, 0.15) is 18.0 Å². The predicted molar refractivity (Wildman–Crippen MR) is 103 cm³/mol. The van der Waals surface area contributed by atoms with Crippen molar-refractivity contribution < 1.29 is 18.3 Å². The van der Waals surface area contributed by atoms with Crippen LogP contribution in [0.2, 0.25) is 0 Å². The molecule has 1 aliphatic rings. The second-order valence-electron chi connectivity index (χ2n) is 6.61. The van der Waals surface area contributed by atoms with Gasteiger partial charge < -0.3 is 14.4 Å². The SMILES string of the molecule is O=c1ccccn1[C@H]1c2cc(S(=O)(=O)c3ccccc3)ccc2OCC[C@@H]1O. The third-order valence-corrected chi connectivity index (χ3v) is 6.62. The molecule has 1 aromatic heterocycles. The van der Waals surface area contributed by atoms with Crippen LogP contribution in [-0.2, 0) is 9.84 Å². The third-order valence-electron chi connectivity index (χ3n) is 4.85. The number of aliphatic hydroxyl groups excluding tert-OH is 1. The number of aromatic nitrogens is 1. The molecule has 28 heavy (non-hydrogen) atoms. The highest BCUT2D eigenvalue weighted by atomic mass is 32.2. The smallest absolute Gasteiger partial charge is 0.251 e. The number of hydrogen-bond acceptors (Lipinski definition) is 5. The van der Waals surface area contributed by atoms with E-state index in [4.69, 9.17) is 4.74 Å². The molecule has 0 spiro atoms. The lowest BCUT2D eigenvalue weighted by Crippen LogP contribution is -2.32. The number of aliphatic hydroxyl groups is 1. The van der Waals surface area contributed by atoms with E-state index in [0.717, 1.165) is 0 Å². The summed E-state index contributed by atoms with van der Waals surface area (Å²) in [6.07, 6.45) is 1.02. The fourth-order valence-electron chi connectivity index (χ4n) is 3.45. The van der Waals surface area contributed by atoms with Gasteiger partial charge in [0.1, 0.15) is 5.75 Å². The van der Waals surface area contributed by atoms with E-state index in [0.29, 0.717) is 17.7 Å². The number of sulfone groups is 1. The molecule has 0 aliphatic carbocycles. The average molecular weight is 397 g/mol. The Morgan fingerprint density at radius 2 is 1.71 bits per heavy atom. The fourth-order valence-corrected chi connectivity index (χ4v) is 4.77. The van der Waals surface area contributed by atoms with Gasteiger partial charge in [0.25, 0.3) is 5.56 Å². The van der Waals surface area contributed by atoms with E-state index in [2.05, 4.69) is 0 Å². The Kier molecular flexibility index (Phi) is 4.78. The predicted octanol–water partition coefficient (Wildman–Crippen LogP) is 2.41. The highest BCUT2D eigenvalue weighted by molar-refractivity contribution is 7.91. The summed E-state index contributed by atoms with van der Waals surface area (Å²) >= 11 is 0. The number of pyridine rings is 1. The first-order valence-electron chi connectivity index (χ1n) is 8.90. The van der Waals surface area contributed by atoms with Gasteiger partial charge in [-0.05, 0) is 36.4 Å². The molecule has 2 atom stereocenters. The molecular formula is C21H19NO5S. The number of benzene rings is 2. The third kappa shape index (κ3) is 3.23. The zero-order valence-corrected chi connectivity index (χ0v) is 15.7. The van der Waals surface area contributed by atoms with E-state index >= 15 is 0 Å². The normalized spacial score (nSPS) is 19.3. The molecule has 3 aromatic rings. The molecule has 0 unspecified atom stereocenters. The Bertz CT molecular complexity index is 1150. The van der Waals surface area contributed by atoms with Gasteiger partial charge in [0.15, 0.2) is 0 Å². The molecule has 6 nitrogen and oxygen atoms in total. The first-order valence-corrected chi connectivity index (χ1v) is 10.4. The highest BCUT2D eigenvalue weighted by Crippen LogP contribution is 2.36. The van der Waals surface area contributed by atoms with Crippen LogP contribution in [0.3, 0.4) is 0 Å². The average Bonchev–Trinajstić information content (AvgIpc) is 2.87. The van der Waals surface area contributed by atoms with Gasteiger partial charge in [-0.1, -0.05) is 24.3 Å². The van der Waals surface area contributed by atoms with Gasteiger partial charge in [-0.15, -0.1) is 0 Å². The quantitative estimate of drug-likeness (QED) is 0.734. The molecule has 144 valence electrons. The Morgan fingerprint density at radius 1 is 0.964 bits per heavy atom. The van der Waals surface area contributed by atoms with Crippen molar-refractivity contribution in [1.29, 1.82) is 0 Å². The lowest BCUT2D eigenvalue weighted by molar-refractivity contribution is 0.112. The Morgan fingerprint density at radius 3 is 2.46 bits per heavy atom. The first-order chi connectivity index (χ1) is 13.5. The second-order valence-corrected chi connectivity index (χ2v) is 8.56. The standard InChI is InChI=1S/C21H19NO5S/c23-18-11-13-27-19-10-9-16(28(25,26)15-6-2-1-3-7-15)14-17(19)21(18)22-12-5-4-8-20(22)24/h1-10,12,14,18,21,23H,11,13H2/t18-,21-/m0/s1. The van der Waals surface area contributed by atoms with Crippen molar-refractivity contribution >= 4 is 9.84 Å². The summed E-state index contributed by atoms with van der Waals surface area (Å²) in [5.74, 6) is 0.462. The van der Waals surface area contributed by atoms with Gasteiger partial charge in [0.2, 0.25) is 9.84 Å². The maximum Gasteiger partial charge on any atom is 0.251 e. The molecule has 0 saturated carbocycles. The minimum absolute atomic E-state index is 0.0872. The summed E-state index contributed by atoms with van der Waals surface area (Å²) in [6, 6.07) is 16.7. The number of fused-ring (bicyclic) bond motifs is 1. The molecule has 0 saturated heterocycles. The Balaban J connectivity index is 1.90. The van der Waals surface area contributed by atoms with E-state index in [1.165, 1.54) is 34.9 Å². The van der Waals surface area contributed by atoms with E-state index in [1.807, 2.05) is 0 Å². The summed E-state index contributed by atoms with van der Waals surface area (Å²) in [5.41, 5.74) is 0.186. The van der Waals surface area contributed by atoms with E-state index in [1.54, 1.807) is 42.6 Å². The molecule has 7 heteroatoms. The minimum Gasteiger partial charge on any atom is -0.493 e. The van der Waals surface area contributed by atoms with Crippen molar-refractivity contribution in [3.05, 3.63) is 88.8 Å². The summed E-state index contributed by atoms with van der Waals surface area (Å²) in [5, 5.41) is 10.7. The second kappa shape index (κ2) is 7.26. The lowest BCUT2D eigenvalue weighted by atomic mass is 9.99. The lowest BCUT2D eigenvalue weighted by Gasteiger charge is -2.24. The number of ether oxygens (including phenoxy) is 1. The monoisotopic (exact) mass is 397 g/mol. The molecule has 0 fully saturated rings. The van der Waals surface area contributed by atoms with Crippen molar-refractivity contribution in [3.8, 4) is 5.75 Å². The number of nitrogens with zero attached hydrogens (tertiary/aromatic N) is 1. The molecule has 0 bridgehead atoms. The van der Waals surface area contributed by atoms with Crippen molar-refractivity contribution in [2.45, 2.75) is 28.4 Å². The van der Waals surface area contributed by atoms with Gasteiger partial charge in [-0.25, -0.2) is 8.42 Å². The molecule has 2 aromatic carbocycles. The highest BCUT2D eigenvalue weighted by Gasteiger charge is 2.31. The topological polar surface area (TPSA) is 85.6 Å². The molecular weight excluding hydrogens is 378 g/mol. The van der Waals surface area contributed by atoms with Crippen LogP contribution in [0.4, 0.5) is 0 Å². The molecule has 4 rings (SSSR count). The van der Waals surface area contributed by atoms with Gasteiger partial charge in [0, 0.05) is 24.2 Å². The zero-order chi connectivity index (χ0) is 19.7. The summed E-state index contributed by atoms with van der Waals surface area (Å²) in [6.45, 7) is 0.275. The molecule has 2 heterocycles. The minimum atomic E-state index is -3.74. The molecule has 0 radical (unpaired) electrons. The van der Waals surface area contributed by atoms with Crippen LogP contribution in [0, 0.1) is 0 Å². The molecule has 0 amide bonds. The van der Waals surface area contributed by atoms with Crippen molar-refractivity contribution in [2.24, 2.45) is 0 Å². The molecule has 1 aliphatic heterocycles. The van der Waals surface area contributed by atoms with Gasteiger partial charge in [-0.2, -0.15) is 0 Å². The van der Waals surface area contributed by atoms with Crippen LogP contribution in [-0.4, -0.2) is 30.8 Å². The first kappa shape index (κ1) is 18.5. The van der Waals surface area contributed by atoms with Crippen LogP contribution in [0.15, 0.2) is 87.5 Å².